The molecule has 0 spiro atoms. The zero-order valence-corrected chi connectivity index (χ0v) is 11.4. The maximum atomic E-state index is 11.7. The van der Waals surface area contributed by atoms with Crippen LogP contribution in [-0.4, -0.2) is 17.7 Å². The largest absolute Gasteiger partial charge is 0.370 e. The minimum atomic E-state index is -0.186. The molecule has 0 unspecified atom stereocenters. The first-order chi connectivity index (χ1) is 8.43. The van der Waals surface area contributed by atoms with Crippen molar-refractivity contribution in [3.05, 3.63) is 28.2 Å². The van der Waals surface area contributed by atoms with E-state index < -0.39 is 0 Å². The van der Waals surface area contributed by atoms with Crippen LogP contribution in [0.25, 0.3) is 0 Å². The lowest BCUT2D eigenvalue weighted by molar-refractivity contribution is 0.0989. The van der Waals surface area contributed by atoms with Gasteiger partial charge in [-0.15, -0.1) is 0 Å². The average Bonchev–Trinajstić information content (AvgIpc) is 2.27. The summed E-state index contributed by atoms with van der Waals surface area (Å²) < 4.78 is 0.784. The highest BCUT2D eigenvalue weighted by Crippen LogP contribution is 2.25. The van der Waals surface area contributed by atoms with Crippen molar-refractivity contribution in [1.82, 2.24) is 0 Å². The first-order valence-electron chi connectivity index (χ1n) is 5.20. The van der Waals surface area contributed by atoms with Crippen molar-refractivity contribution >= 4 is 39.3 Å². The molecule has 1 aromatic carbocycles. The molecule has 0 amide bonds. The molecule has 0 fully saturated rings. The van der Waals surface area contributed by atoms with E-state index in [2.05, 4.69) is 25.9 Å². The number of benzene rings is 1. The summed E-state index contributed by atoms with van der Waals surface area (Å²) in [5.41, 5.74) is 16.8. The van der Waals surface area contributed by atoms with Gasteiger partial charge in [0.25, 0.3) is 0 Å². The second-order valence-electron chi connectivity index (χ2n) is 3.44. The number of Topliss-reactive ketones (excluding diaryl/α,β-unsaturated/α-hetero) is 1. The van der Waals surface area contributed by atoms with Gasteiger partial charge in [0.05, 0.1) is 5.69 Å². The molecule has 1 rings (SSSR count). The quantitative estimate of drug-likeness (QED) is 0.442. The Hall–Kier alpha value is -1.89. The van der Waals surface area contributed by atoms with Gasteiger partial charge in [-0.2, -0.15) is 4.99 Å². The molecule has 6 N–H and O–H groups in total. The predicted molar refractivity (Wildman–Crippen MR) is 75.9 cm³/mol. The van der Waals surface area contributed by atoms with Crippen LogP contribution in [0.15, 0.2) is 32.7 Å². The monoisotopic (exact) mass is 311 g/mol. The molecule has 0 aliphatic carbocycles. The fraction of sp³-hybridized carbons (Fsp3) is 0.182. The van der Waals surface area contributed by atoms with Crippen molar-refractivity contribution in [2.45, 2.75) is 13.3 Å². The molecule has 18 heavy (non-hydrogen) atoms. The topological polar surface area (TPSA) is 120 Å². The SMILES string of the molecule is CCC(=O)c1ccc(Br)cc1N=C(N)N=C(N)N. The van der Waals surface area contributed by atoms with Crippen LogP contribution in [0.3, 0.4) is 0 Å². The first-order valence-corrected chi connectivity index (χ1v) is 6.00. The van der Waals surface area contributed by atoms with Crippen molar-refractivity contribution in [1.29, 1.82) is 0 Å². The van der Waals surface area contributed by atoms with E-state index in [0.717, 1.165) is 4.47 Å². The van der Waals surface area contributed by atoms with E-state index in [1.165, 1.54) is 0 Å². The number of ketones is 1. The van der Waals surface area contributed by atoms with E-state index >= 15 is 0 Å². The van der Waals surface area contributed by atoms with Gasteiger partial charge in [0.2, 0.25) is 5.96 Å². The van der Waals surface area contributed by atoms with Gasteiger partial charge in [-0.05, 0) is 18.2 Å². The van der Waals surface area contributed by atoms with Crippen LogP contribution in [-0.2, 0) is 0 Å². The number of hydrogen-bond donors (Lipinski definition) is 3. The van der Waals surface area contributed by atoms with Gasteiger partial charge in [-0.25, -0.2) is 4.99 Å². The zero-order valence-electron chi connectivity index (χ0n) is 9.85. The maximum Gasteiger partial charge on any atom is 0.223 e. The maximum absolute atomic E-state index is 11.7. The third kappa shape index (κ3) is 3.85. The summed E-state index contributed by atoms with van der Waals surface area (Å²) in [5, 5.41) is 0. The molecule has 0 heterocycles. The van der Waals surface area contributed by atoms with E-state index in [-0.39, 0.29) is 17.7 Å². The summed E-state index contributed by atoms with van der Waals surface area (Å²) in [6.45, 7) is 1.78. The molecule has 96 valence electrons. The van der Waals surface area contributed by atoms with Gasteiger partial charge >= 0.3 is 0 Å². The van der Waals surface area contributed by atoms with Crippen LogP contribution >= 0.6 is 15.9 Å². The lowest BCUT2D eigenvalue weighted by Gasteiger charge is -2.04. The number of halogens is 1. The summed E-state index contributed by atoms with van der Waals surface area (Å²) in [6.07, 6.45) is 0.381. The van der Waals surface area contributed by atoms with Crippen LogP contribution in [0.4, 0.5) is 5.69 Å². The predicted octanol–water partition coefficient (Wildman–Crippen LogP) is 1.26. The molecular weight excluding hydrogens is 298 g/mol. The van der Waals surface area contributed by atoms with E-state index in [0.29, 0.717) is 17.7 Å². The minimum Gasteiger partial charge on any atom is -0.370 e. The summed E-state index contributed by atoms with van der Waals surface area (Å²) in [5.74, 6) is -0.313. The van der Waals surface area contributed by atoms with E-state index in [1.54, 1.807) is 25.1 Å². The van der Waals surface area contributed by atoms with Crippen LogP contribution in [0, 0.1) is 0 Å². The zero-order chi connectivity index (χ0) is 13.7. The smallest absolute Gasteiger partial charge is 0.223 e. The Morgan fingerprint density at radius 2 is 2.00 bits per heavy atom. The Labute approximate surface area is 113 Å². The van der Waals surface area contributed by atoms with Gasteiger partial charge in [-0.3, -0.25) is 4.79 Å². The van der Waals surface area contributed by atoms with Crippen molar-refractivity contribution in [3.8, 4) is 0 Å². The molecule has 0 radical (unpaired) electrons. The lowest BCUT2D eigenvalue weighted by atomic mass is 10.1. The summed E-state index contributed by atoms with van der Waals surface area (Å²) in [6, 6.07) is 5.12. The molecule has 6 nitrogen and oxygen atoms in total. The van der Waals surface area contributed by atoms with Gasteiger partial charge in [0, 0.05) is 16.5 Å². The third-order valence-electron chi connectivity index (χ3n) is 2.06. The Morgan fingerprint density at radius 1 is 1.33 bits per heavy atom. The molecule has 0 aliphatic heterocycles. The van der Waals surface area contributed by atoms with Gasteiger partial charge in [0.15, 0.2) is 11.7 Å². The first kappa shape index (κ1) is 14.2. The average molecular weight is 312 g/mol. The highest BCUT2D eigenvalue weighted by atomic mass is 79.9. The second kappa shape index (κ2) is 6.15. The molecule has 0 saturated heterocycles. The van der Waals surface area contributed by atoms with E-state index in [9.17, 15) is 4.79 Å². The molecule has 0 atom stereocenters. The summed E-state index contributed by atoms with van der Waals surface area (Å²) in [4.78, 5) is 19.4. The molecule has 0 aromatic heterocycles. The molecule has 0 saturated carbocycles. The highest BCUT2D eigenvalue weighted by Gasteiger charge is 2.10. The molecule has 1 aromatic rings. The number of carbonyl (C=O) groups is 1. The fourth-order valence-electron chi connectivity index (χ4n) is 1.30. The summed E-state index contributed by atoms with van der Waals surface area (Å²) >= 11 is 3.30. The number of hydrogen-bond acceptors (Lipinski definition) is 2. The van der Waals surface area contributed by atoms with E-state index in [1.807, 2.05) is 0 Å². The number of carbonyl (C=O) groups excluding carboxylic acids is 1. The Bertz CT molecular complexity index is 520. The second-order valence-corrected chi connectivity index (χ2v) is 4.36. The van der Waals surface area contributed by atoms with Gasteiger partial charge in [-0.1, -0.05) is 22.9 Å². The standard InChI is InChI=1S/C11H14BrN5O/c1-2-9(18)7-4-3-6(12)5-8(7)16-11(15)17-10(13)14/h3-5H,2H2,1H3,(H6,13,14,15,16,17). The van der Waals surface area contributed by atoms with Crippen molar-refractivity contribution in [2.75, 3.05) is 0 Å². The van der Waals surface area contributed by atoms with E-state index in [4.69, 9.17) is 17.2 Å². The number of guanidine groups is 2. The Kier molecular flexibility index (Phi) is 4.85. The number of nitrogens with zero attached hydrogens (tertiary/aromatic N) is 2. The van der Waals surface area contributed by atoms with Gasteiger partial charge in [0.1, 0.15) is 0 Å². The van der Waals surface area contributed by atoms with Crippen molar-refractivity contribution in [2.24, 2.45) is 27.2 Å². The molecule has 7 heteroatoms. The Morgan fingerprint density at radius 3 is 2.56 bits per heavy atom. The van der Waals surface area contributed by atoms with Crippen LogP contribution in [0.5, 0.6) is 0 Å². The van der Waals surface area contributed by atoms with Crippen molar-refractivity contribution in [3.63, 3.8) is 0 Å². The van der Waals surface area contributed by atoms with Crippen LogP contribution < -0.4 is 17.2 Å². The van der Waals surface area contributed by atoms with Crippen LogP contribution in [0.2, 0.25) is 0 Å². The highest BCUT2D eigenvalue weighted by molar-refractivity contribution is 9.10. The van der Waals surface area contributed by atoms with Gasteiger partial charge < -0.3 is 17.2 Å². The fourth-order valence-corrected chi connectivity index (χ4v) is 1.65. The Balaban J connectivity index is 3.26. The molecule has 0 aliphatic rings. The lowest BCUT2D eigenvalue weighted by Crippen LogP contribution is -2.26. The normalized spacial score (nSPS) is 11.1. The summed E-state index contributed by atoms with van der Waals surface area (Å²) in [7, 11) is 0. The molecule has 0 bridgehead atoms. The van der Waals surface area contributed by atoms with Crippen LogP contribution in [0.1, 0.15) is 23.7 Å². The van der Waals surface area contributed by atoms with Crippen molar-refractivity contribution < 1.29 is 4.79 Å². The third-order valence-corrected chi connectivity index (χ3v) is 2.55. The minimum absolute atomic E-state index is 0.0289. The number of nitrogens with two attached hydrogens (primary N) is 3. The molecular formula is C11H14BrN5O. The number of rotatable bonds is 3. The number of aliphatic imine (C=N–C) groups is 2.